The molecule has 2 rings (SSSR count). The first kappa shape index (κ1) is 12.8. The maximum Gasteiger partial charge on any atom is 0.0473 e. The van der Waals surface area contributed by atoms with E-state index in [1.165, 1.54) is 10.6 Å². The summed E-state index contributed by atoms with van der Waals surface area (Å²) in [7, 11) is 0. The van der Waals surface area contributed by atoms with E-state index in [2.05, 4.69) is 47.6 Å². The maximum atomic E-state index is 5.94. The first-order chi connectivity index (χ1) is 8.70. The lowest BCUT2D eigenvalue weighted by molar-refractivity contribution is 1.11. The predicted octanol–water partition coefficient (Wildman–Crippen LogP) is 4.11. The highest BCUT2D eigenvalue weighted by Gasteiger charge is 2.06. The third-order valence-corrected chi connectivity index (χ3v) is 3.95. The van der Waals surface area contributed by atoms with E-state index in [0.29, 0.717) is 0 Å². The van der Waals surface area contributed by atoms with E-state index >= 15 is 0 Å². The minimum atomic E-state index is 0.851. The molecule has 0 saturated heterocycles. The minimum absolute atomic E-state index is 0.851. The van der Waals surface area contributed by atoms with Crippen LogP contribution in [0.25, 0.3) is 0 Å². The van der Waals surface area contributed by atoms with Gasteiger partial charge in [-0.25, -0.2) is 0 Å². The Morgan fingerprint density at radius 1 is 1.11 bits per heavy atom. The van der Waals surface area contributed by atoms with E-state index in [-0.39, 0.29) is 0 Å². The number of para-hydroxylation sites is 1. The van der Waals surface area contributed by atoms with Crippen molar-refractivity contribution in [3.63, 3.8) is 0 Å². The zero-order valence-corrected chi connectivity index (χ0v) is 11.6. The van der Waals surface area contributed by atoms with Crippen LogP contribution in [0.5, 0.6) is 0 Å². The van der Waals surface area contributed by atoms with Gasteiger partial charge in [0.15, 0.2) is 0 Å². The molecule has 0 heterocycles. The zero-order chi connectivity index (χ0) is 13.0. The number of rotatable bonds is 4. The molecule has 2 aromatic rings. The third-order valence-electron chi connectivity index (χ3n) is 2.80. The number of nitrogen functional groups attached to an aromatic ring is 1. The van der Waals surface area contributed by atoms with E-state index < -0.39 is 0 Å². The number of nitrogens with zero attached hydrogens (tertiary/aromatic N) is 1. The molecule has 0 saturated carbocycles. The van der Waals surface area contributed by atoms with Crippen molar-refractivity contribution in [2.24, 2.45) is 0 Å². The van der Waals surface area contributed by atoms with Gasteiger partial charge >= 0.3 is 0 Å². The number of anilines is 2. The molecule has 18 heavy (non-hydrogen) atoms. The van der Waals surface area contributed by atoms with Crippen LogP contribution < -0.4 is 10.0 Å². The summed E-state index contributed by atoms with van der Waals surface area (Å²) < 4.78 is 2.25. The van der Waals surface area contributed by atoms with E-state index in [1.54, 1.807) is 11.9 Å². The van der Waals surface area contributed by atoms with Gasteiger partial charge in [-0.05, 0) is 55.6 Å². The predicted molar refractivity (Wildman–Crippen MR) is 80.9 cm³/mol. The lowest BCUT2D eigenvalue weighted by atomic mass is 10.2. The molecule has 0 aliphatic carbocycles. The number of benzene rings is 2. The average molecular weight is 258 g/mol. The van der Waals surface area contributed by atoms with Crippen molar-refractivity contribution in [1.29, 1.82) is 0 Å². The molecular weight excluding hydrogens is 240 g/mol. The molecule has 0 aliphatic rings. The van der Waals surface area contributed by atoms with Gasteiger partial charge in [0.1, 0.15) is 0 Å². The molecule has 0 amide bonds. The Balaban J connectivity index is 2.18. The molecule has 0 unspecified atom stereocenters. The fourth-order valence-electron chi connectivity index (χ4n) is 1.70. The van der Waals surface area contributed by atoms with Crippen molar-refractivity contribution in [3.8, 4) is 0 Å². The lowest BCUT2D eigenvalue weighted by Gasteiger charge is -2.21. The number of hydrogen-bond acceptors (Lipinski definition) is 3. The molecule has 0 bridgehead atoms. The Hall–Kier alpha value is -1.61. The highest BCUT2D eigenvalue weighted by Crippen LogP contribution is 2.30. The number of nitrogens with two attached hydrogens (primary N) is 1. The van der Waals surface area contributed by atoms with Crippen LogP contribution in [0.3, 0.4) is 0 Å². The van der Waals surface area contributed by atoms with Crippen LogP contribution in [0.4, 0.5) is 11.4 Å². The fourth-order valence-corrected chi connectivity index (χ4v) is 2.62. The van der Waals surface area contributed by atoms with Crippen LogP contribution in [0.1, 0.15) is 12.5 Å². The highest BCUT2D eigenvalue weighted by atomic mass is 32.2. The summed E-state index contributed by atoms with van der Waals surface area (Å²) in [6.07, 6.45) is 0. The number of hydrogen-bond donors (Lipinski definition) is 1. The first-order valence-corrected chi connectivity index (χ1v) is 6.84. The summed E-state index contributed by atoms with van der Waals surface area (Å²) in [5.74, 6) is 0. The molecule has 2 aromatic carbocycles. The monoisotopic (exact) mass is 258 g/mol. The molecule has 0 aromatic heterocycles. The van der Waals surface area contributed by atoms with Crippen molar-refractivity contribution in [1.82, 2.24) is 0 Å². The smallest absolute Gasteiger partial charge is 0.0473 e. The van der Waals surface area contributed by atoms with Crippen LogP contribution >= 0.6 is 11.9 Å². The highest BCUT2D eigenvalue weighted by molar-refractivity contribution is 8.00. The van der Waals surface area contributed by atoms with Crippen LogP contribution in [0, 0.1) is 6.92 Å². The number of aryl methyl sites for hydroxylation is 1. The summed E-state index contributed by atoms with van der Waals surface area (Å²) in [4.78, 5) is 1.17. The van der Waals surface area contributed by atoms with Gasteiger partial charge in [0.25, 0.3) is 0 Å². The van der Waals surface area contributed by atoms with E-state index in [9.17, 15) is 0 Å². The average Bonchev–Trinajstić information content (AvgIpc) is 2.41. The summed E-state index contributed by atoms with van der Waals surface area (Å²) in [5.41, 5.74) is 9.13. The second-order valence-electron chi connectivity index (χ2n) is 4.14. The summed E-state index contributed by atoms with van der Waals surface area (Å²) in [5, 5.41) is 0. The van der Waals surface area contributed by atoms with Crippen LogP contribution in [-0.2, 0) is 0 Å². The van der Waals surface area contributed by atoms with Crippen molar-refractivity contribution in [3.05, 3.63) is 54.1 Å². The Morgan fingerprint density at radius 3 is 2.44 bits per heavy atom. The molecule has 2 nitrogen and oxygen atoms in total. The quantitative estimate of drug-likeness (QED) is 0.661. The topological polar surface area (TPSA) is 29.3 Å². The molecule has 3 heteroatoms. The molecule has 0 radical (unpaired) electrons. The lowest BCUT2D eigenvalue weighted by Crippen LogP contribution is -2.12. The summed E-state index contributed by atoms with van der Waals surface area (Å²) in [6, 6.07) is 16.6. The van der Waals surface area contributed by atoms with Gasteiger partial charge in [0, 0.05) is 22.8 Å². The molecular formula is C15H18N2S. The Bertz CT molecular complexity index is 511. The van der Waals surface area contributed by atoms with Gasteiger partial charge in [-0.2, -0.15) is 0 Å². The molecule has 0 spiro atoms. The molecule has 0 aliphatic heterocycles. The molecule has 0 atom stereocenters. The van der Waals surface area contributed by atoms with Crippen molar-refractivity contribution >= 4 is 23.3 Å². The van der Waals surface area contributed by atoms with Gasteiger partial charge in [0.2, 0.25) is 0 Å². The summed E-state index contributed by atoms with van der Waals surface area (Å²) in [6.45, 7) is 5.12. The minimum Gasteiger partial charge on any atom is -0.398 e. The van der Waals surface area contributed by atoms with Crippen LogP contribution in [-0.4, -0.2) is 6.54 Å². The zero-order valence-electron chi connectivity index (χ0n) is 10.8. The second kappa shape index (κ2) is 5.83. The van der Waals surface area contributed by atoms with Gasteiger partial charge in [-0.15, -0.1) is 0 Å². The Morgan fingerprint density at radius 2 is 1.83 bits per heavy atom. The van der Waals surface area contributed by atoms with Crippen molar-refractivity contribution in [2.45, 2.75) is 18.7 Å². The van der Waals surface area contributed by atoms with Crippen LogP contribution in [0.2, 0.25) is 0 Å². The largest absolute Gasteiger partial charge is 0.398 e. The Kier molecular flexibility index (Phi) is 4.15. The normalized spacial score (nSPS) is 10.3. The fraction of sp³-hybridized carbons (Fsp3) is 0.200. The van der Waals surface area contributed by atoms with Gasteiger partial charge in [0.05, 0.1) is 0 Å². The Labute approximate surface area is 113 Å². The van der Waals surface area contributed by atoms with Crippen molar-refractivity contribution in [2.75, 3.05) is 16.6 Å². The summed E-state index contributed by atoms with van der Waals surface area (Å²) >= 11 is 1.72. The van der Waals surface area contributed by atoms with Gasteiger partial charge < -0.3 is 10.0 Å². The molecule has 94 valence electrons. The van der Waals surface area contributed by atoms with Crippen LogP contribution in [0.15, 0.2) is 53.4 Å². The van der Waals surface area contributed by atoms with E-state index in [0.717, 1.165) is 17.8 Å². The van der Waals surface area contributed by atoms with E-state index in [1.807, 2.05) is 19.1 Å². The SMILES string of the molecule is CCN(Sc1ccc(C)c(N)c1)c1ccccc1. The first-order valence-electron chi connectivity index (χ1n) is 6.07. The third kappa shape index (κ3) is 2.99. The maximum absolute atomic E-state index is 5.94. The second-order valence-corrected chi connectivity index (χ2v) is 5.23. The molecule has 0 fully saturated rings. The van der Waals surface area contributed by atoms with E-state index in [4.69, 9.17) is 5.73 Å². The van der Waals surface area contributed by atoms with Crippen molar-refractivity contribution < 1.29 is 0 Å². The standard InChI is InChI=1S/C15H18N2S/c1-3-17(13-7-5-4-6-8-13)18-14-10-9-12(2)15(16)11-14/h4-11H,3,16H2,1-2H3. The van der Waals surface area contributed by atoms with Gasteiger partial charge in [-0.1, -0.05) is 24.3 Å². The molecule has 2 N–H and O–H groups in total. The van der Waals surface area contributed by atoms with Gasteiger partial charge in [-0.3, -0.25) is 0 Å².